The quantitative estimate of drug-likeness (QED) is 0.498. The van der Waals surface area contributed by atoms with E-state index in [0.29, 0.717) is 35.5 Å². The molecule has 188 valence electrons. The minimum Gasteiger partial charge on any atom is -0.344 e. The molecule has 1 aromatic heterocycles. The zero-order chi connectivity index (χ0) is 25.2. The van der Waals surface area contributed by atoms with Gasteiger partial charge in [0.2, 0.25) is 0 Å². The van der Waals surface area contributed by atoms with E-state index in [1.54, 1.807) is 17.9 Å². The van der Waals surface area contributed by atoms with Gasteiger partial charge >= 0.3 is 0 Å². The van der Waals surface area contributed by atoms with Gasteiger partial charge in [-0.05, 0) is 54.4 Å². The monoisotopic (exact) mass is 527 g/mol. The molecule has 3 aromatic rings. The number of halogens is 2. The van der Waals surface area contributed by atoms with Crippen LogP contribution in [0.2, 0.25) is 5.02 Å². The van der Waals surface area contributed by atoms with Gasteiger partial charge in [-0.2, -0.15) is 0 Å². The Kier molecular flexibility index (Phi) is 7.32. The van der Waals surface area contributed by atoms with E-state index in [-0.39, 0.29) is 28.4 Å². The number of benzene rings is 2. The molecule has 3 heterocycles. The van der Waals surface area contributed by atoms with Crippen molar-refractivity contribution in [1.29, 1.82) is 0 Å². The highest BCUT2D eigenvalue weighted by molar-refractivity contribution is 7.08. The predicted molar refractivity (Wildman–Crippen MR) is 137 cm³/mol. The van der Waals surface area contributed by atoms with E-state index in [2.05, 4.69) is 19.8 Å². The second-order valence-corrected chi connectivity index (χ2v) is 10.7. The van der Waals surface area contributed by atoms with E-state index in [0.717, 1.165) is 43.2 Å². The van der Waals surface area contributed by atoms with Crippen molar-refractivity contribution in [3.63, 3.8) is 0 Å². The number of amides is 2. The molecule has 2 aliphatic heterocycles. The van der Waals surface area contributed by atoms with Crippen LogP contribution in [-0.2, 0) is 0 Å². The van der Waals surface area contributed by atoms with Crippen molar-refractivity contribution < 1.29 is 14.0 Å². The van der Waals surface area contributed by atoms with Crippen molar-refractivity contribution in [3.8, 4) is 0 Å². The van der Waals surface area contributed by atoms with Gasteiger partial charge in [0.05, 0.1) is 22.3 Å². The molecular formula is C26H27ClFN5O2S. The van der Waals surface area contributed by atoms with Crippen LogP contribution in [0.3, 0.4) is 0 Å². The summed E-state index contributed by atoms with van der Waals surface area (Å²) in [6.07, 6.45) is 0.758. The highest BCUT2D eigenvalue weighted by Crippen LogP contribution is 2.34. The number of carbonyl (C=O) groups is 2. The summed E-state index contributed by atoms with van der Waals surface area (Å²) >= 11 is 7.22. The summed E-state index contributed by atoms with van der Waals surface area (Å²) in [6.45, 7) is 5.54. The number of hydrogen-bond donors (Lipinski definition) is 1. The van der Waals surface area contributed by atoms with E-state index in [1.807, 2.05) is 30.3 Å². The van der Waals surface area contributed by atoms with Crippen molar-refractivity contribution in [1.82, 2.24) is 24.7 Å². The van der Waals surface area contributed by atoms with Crippen LogP contribution < -0.4 is 5.32 Å². The molecule has 2 unspecified atom stereocenters. The molecule has 0 spiro atoms. The lowest BCUT2D eigenvalue weighted by atomic mass is 10.0. The van der Waals surface area contributed by atoms with Crippen molar-refractivity contribution in [2.24, 2.45) is 11.8 Å². The topological polar surface area (TPSA) is 78.4 Å². The molecule has 1 N–H and O–H groups in total. The summed E-state index contributed by atoms with van der Waals surface area (Å²) in [4.78, 5) is 30.5. The third-order valence-corrected chi connectivity index (χ3v) is 8.27. The van der Waals surface area contributed by atoms with Crippen LogP contribution >= 0.6 is 23.1 Å². The van der Waals surface area contributed by atoms with Crippen molar-refractivity contribution in [3.05, 3.63) is 81.1 Å². The minimum atomic E-state index is -0.579. The molecule has 2 aromatic carbocycles. The summed E-state index contributed by atoms with van der Waals surface area (Å²) in [5.41, 5.74) is 1.65. The number of fused-ring (bicyclic) bond motifs is 1. The van der Waals surface area contributed by atoms with Gasteiger partial charge in [-0.25, -0.2) is 4.39 Å². The van der Waals surface area contributed by atoms with Crippen LogP contribution in [-0.4, -0.2) is 63.9 Å². The molecule has 2 fully saturated rings. The molecule has 36 heavy (non-hydrogen) atoms. The number of hydrogen-bond acceptors (Lipinski definition) is 6. The largest absolute Gasteiger partial charge is 0.344 e. The third-order valence-electron chi connectivity index (χ3n) is 7.12. The van der Waals surface area contributed by atoms with Crippen LogP contribution in [0.15, 0.2) is 48.5 Å². The fourth-order valence-corrected chi connectivity index (χ4v) is 6.09. The summed E-state index contributed by atoms with van der Waals surface area (Å²) in [5, 5.41) is 7.27. The standard InChI is InChI=1S/C26H27ClFN5O2S/c1-16-24(36-31-30-16)25(34)29-22(17-6-3-2-4-7-17)10-11-32-12-18-14-33(15-19(18)13-32)26(35)23-20(27)8-5-9-21(23)28/h2-9,18-19,22H,10-15H2,1H3,(H,29,34)/t18?,19?,22-/m0/s1. The van der Waals surface area contributed by atoms with Gasteiger partial charge in [0, 0.05) is 32.7 Å². The Bertz CT molecular complexity index is 1220. The summed E-state index contributed by atoms with van der Waals surface area (Å²) < 4.78 is 18.1. The number of likely N-dealkylation sites (tertiary alicyclic amines) is 2. The molecule has 10 heteroatoms. The van der Waals surface area contributed by atoms with Crippen LogP contribution in [0.5, 0.6) is 0 Å². The van der Waals surface area contributed by atoms with Gasteiger partial charge in [0.15, 0.2) is 0 Å². The van der Waals surface area contributed by atoms with E-state index >= 15 is 0 Å². The zero-order valence-corrected chi connectivity index (χ0v) is 21.4. The molecule has 3 atom stereocenters. The average Bonchev–Trinajstić information content (AvgIpc) is 3.57. The van der Waals surface area contributed by atoms with E-state index in [4.69, 9.17) is 11.6 Å². The molecule has 2 saturated heterocycles. The Morgan fingerprint density at radius 1 is 1.11 bits per heavy atom. The summed E-state index contributed by atoms with van der Waals surface area (Å²) in [7, 11) is 0. The fraction of sp³-hybridized carbons (Fsp3) is 0.385. The Hall–Kier alpha value is -2.88. The van der Waals surface area contributed by atoms with Gasteiger partial charge < -0.3 is 15.1 Å². The van der Waals surface area contributed by atoms with E-state index < -0.39 is 5.82 Å². The van der Waals surface area contributed by atoms with Crippen LogP contribution in [0.25, 0.3) is 0 Å². The van der Waals surface area contributed by atoms with Gasteiger partial charge in [0.1, 0.15) is 10.7 Å². The Balaban J connectivity index is 1.19. The van der Waals surface area contributed by atoms with Gasteiger partial charge in [-0.15, -0.1) is 5.10 Å². The van der Waals surface area contributed by atoms with Gasteiger partial charge in [0.25, 0.3) is 11.8 Å². The second kappa shape index (κ2) is 10.6. The first-order chi connectivity index (χ1) is 17.4. The maximum absolute atomic E-state index is 14.2. The van der Waals surface area contributed by atoms with Crippen LogP contribution in [0.4, 0.5) is 4.39 Å². The average molecular weight is 528 g/mol. The van der Waals surface area contributed by atoms with E-state index in [9.17, 15) is 14.0 Å². The lowest BCUT2D eigenvalue weighted by molar-refractivity contribution is 0.0769. The number of carbonyl (C=O) groups excluding carboxylic acids is 2. The molecule has 2 aliphatic rings. The summed E-state index contributed by atoms with van der Waals surface area (Å²) in [6, 6.07) is 14.1. The molecule has 7 nitrogen and oxygen atoms in total. The second-order valence-electron chi connectivity index (χ2n) is 9.50. The number of rotatable bonds is 7. The highest BCUT2D eigenvalue weighted by atomic mass is 35.5. The minimum absolute atomic E-state index is 0.0381. The first-order valence-electron chi connectivity index (χ1n) is 12.0. The smallest absolute Gasteiger partial charge is 0.265 e. The maximum Gasteiger partial charge on any atom is 0.265 e. The Morgan fingerprint density at radius 3 is 2.47 bits per heavy atom. The third kappa shape index (κ3) is 5.14. The lowest BCUT2D eigenvalue weighted by Gasteiger charge is -2.25. The first kappa shape index (κ1) is 24.8. The van der Waals surface area contributed by atoms with Gasteiger partial charge in [-0.3, -0.25) is 9.59 Å². The maximum atomic E-state index is 14.2. The first-order valence-corrected chi connectivity index (χ1v) is 13.2. The predicted octanol–water partition coefficient (Wildman–Crippen LogP) is 4.20. The van der Waals surface area contributed by atoms with Crippen molar-refractivity contribution in [2.45, 2.75) is 19.4 Å². The highest BCUT2D eigenvalue weighted by Gasteiger charge is 2.42. The molecule has 2 amide bonds. The van der Waals surface area contributed by atoms with Crippen molar-refractivity contribution >= 4 is 34.9 Å². The molecular weight excluding hydrogens is 501 g/mol. The molecule has 0 radical (unpaired) electrons. The number of aryl methyl sites for hydroxylation is 1. The Labute approximate surface area is 218 Å². The summed E-state index contributed by atoms with van der Waals surface area (Å²) in [5.74, 6) is -0.385. The molecule has 5 rings (SSSR count). The number of nitrogens with zero attached hydrogens (tertiary/aromatic N) is 4. The Morgan fingerprint density at radius 2 is 1.83 bits per heavy atom. The number of aromatic nitrogens is 2. The van der Waals surface area contributed by atoms with Gasteiger partial charge in [-0.1, -0.05) is 52.5 Å². The van der Waals surface area contributed by atoms with Crippen LogP contribution in [0.1, 0.15) is 43.7 Å². The SMILES string of the molecule is Cc1nnsc1C(=O)N[C@@H](CCN1CC2CN(C(=O)c3c(F)cccc3Cl)CC2C1)c1ccccc1. The van der Waals surface area contributed by atoms with E-state index in [1.165, 1.54) is 12.1 Å². The van der Waals surface area contributed by atoms with Crippen molar-refractivity contribution in [2.75, 3.05) is 32.7 Å². The lowest BCUT2D eigenvalue weighted by Crippen LogP contribution is -2.35. The van der Waals surface area contributed by atoms with Crippen LogP contribution in [0, 0.1) is 24.6 Å². The fourth-order valence-electron chi connectivity index (χ4n) is 5.28. The number of nitrogens with one attached hydrogen (secondary N) is 1. The molecule has 0 bridgehead atoms. The molecule has 0 saturated carbocycles. The zero-order valence-electron chi connectivity index (χ0n) is 19.9. The molecule has 0 aliphatic carbocycles. The normalized spacial score (nSPS) is 20.4.